The van der Waals surface area contributed by atoms with Crippen molar-refractivity contribution in [2.75, 3.05) is 33.0 Å². The Kier molecular flexibility index (Phi) is 11.1. The second-order valence-corrected chi connectivity index (χ2v) is 10.4. The number of hydrogen-bond acceptors (Lipinski definition) is 12. The zero-order valence-corrected chi connectivity index (χ0v) is 24.0. The van der Waals surface area contributed by atoms with Crippen molar-refractivity contribution in [1.82, 2.24) is 0 Å². The van der Waals surface area contributed by atoms with Gasteiger partial charge in [-0.05, 0) is 41.5 Å². The summed E-state index contributed by atoms with van der Waals surface area (Å²) in [5, 5.41) is 0. The average Bonchev–Trinajstić information content (AvgIpc) is 3.57. The summed E-state index contributed by atoms with van der Waals surface area (Å²) in [6.45, 7) is 11.9. The monoisotopic (exact) mass is 560 g/mol. The van der Waals surface area contributed by atoms with Crippen LogP contribution in [-0.4, -0.2) is 92.7 Å². The smallest absolute Gasteiger partial charge is 0.305 e. The normalized spacial score (nSPS) is 36.2. The molecule has 224 valence electrons. The van der Waals surface area contributed by atoms with E-state index < -0.39 is 41.8 Å². The van der Waals surface area contributed by atoms with Crippen molar-refractivity contribution in [3.05, 3.63) is 0 Å². The lowest BCUT2D eigenvalue weighted by molar-refractivity contribution is -0.198. The van der Waals surface area contributed by atoms with E-state index in [0.29, 0.717) is 26.1 Å². The van der Waals surface area contributed by atoms with E-state index in [9.17, 15) is 14.4 Å². The van der Waals surface area contributed by atoms with Crippen molar-refractivity contribution in [1.29, 1.82) is 0 Å². The second kappa shape index (κ2) is 13.7. The van der Waals surface area contributed by atoms with E-state index in [-0.39, 0.29) is 63.4 Å². The Morgan fingerprint density at radius 2 is 0.923 bits per heavy atom. The highest BCUT2D eigenvalue weighted by atomic mass is 16.8. The predicted octanol–water partition coefficient (Wildman–Crippen LogP) is 2.78. The van der Waals surface area contributed by atoms with Gasteiger partial charge < -0.3 is 42.6 Å². The van der Waals surface area contributed by atoms with Crippen LogP contribution in [0.2, 0.25) is 0 Å². The highest BCUT2D eigenvalue weighted by molar-refractivity contribution is 5.70. The molecule has 12 heteroatoms. The summed E-state index contributed by atoms with van der Waals surface area (Å²) in [4.78, 5) is 35.8. The van der Waals surface area contributed by atoms with Gasteiger partial charge in [-0.3, -0.25) is 14.4 Å². The van der Waals surface area contributed by atoms with Crippen LogP contribution in [0, 0.1) is 0 Å². The fourth-order valence-electron chi connectivity index (χ4n) is 5.00. The van der Waals surface area contributed by atoms with Crippen LogP contribution in [0.25, 0.3) is 0 Å². The van der Waals surface area contributed by atoms with E-state index in [0.717, 1.165) is 0 Å². The highest BCUT2D eigenvalue weighted by Gasteiger charge is 2.57. The molecule has 12 nitrogen and oxygen atoms in total. The molecule has 3 fully saturated rings. The molecule has 0 aromatic rings. The molecule has 3 aliphatic heterocycles. The number of rotatable bonds is 14. The highest BCUT2D eigenvalue weighted by Crippen LogP contribution is 2.43. The largest absolute Gasteiger partial charge is 0.466 e. The molecule has 6 atom stereocenters. The fourth-order valence-corrected chi connectivity index (χ4v) is 5.00. The lowest BCUT2D eigenvalue weighted by Crippen LogP contribution is -2.45. The quantitative estimate of drug-likeness (QED) is 0.228. The summed E-state index contributed by atoms with van der Waals surface area (Å²) in [5.74, 6) is -4.10. The molecule has 0 aromatic carbocycles. The van der Waals surface area contributed by atoms with Crippen molar-refractivity contribution >= 4 is 17.9 Å². The Morgan fingerprint density at radius 1 is 0.590 bits per heavy atom. The van der Waals surface area contributed by atoms with Gasteiger partial charge in [0.05, 0.1) is 52.3 Å². The van der Waals surface area contributed by atoms with Crippen molar-refractivity contribution in [3.63, 3.8) is 0 Å². The van der Waals surface area contributed by atoms with Crippen LogP contribution in [0.15, 0.2) is 0 Å². The first-order valence-corrected chi connectivity index (χ1v) is 13.9. The Balaban J connectivity index is 1.69. The summed E-state index contributed by atoms with van der Waals surface area (Å²) in [5.41, 5.74) is 0. The molecule has 3 saturated heterocycles. The van der Waals surface area contributed by atoms with Crippen molar-refractivity contribution < 1.29 is 57.0 Å². The van der Waals surface area contributed by atoms with E-state index in [2.05, 4.69) is 0 Å². The zero-order valence-electron chi connectivity index (χ0n) is 24.0. The number of carbonyl (C=O) groups excluding carboxylic acids is 3. The summed E-state index contributed by atoms with van der Waals surface area (Å²) in [6.07, 6.45) is -0.960. The molecular weight excluding hydrogens is 516 g/mol. The van der Waals surface area contributed by atoms with Crippen molar-refractivity contribution in [2.45, 2.75) is 122 Å². The summed E-state index contributed by atoms with van der Waals surface area (Å²) in [7, 11) is 0. The maximum absolute atomic E-state index is 12.0. The van der Waals surface area contributed by atoms with Gasteiger partial charge in [0.15, 0.2) is 17.4 Å². The molecular formula is C27H44O12. The van der Waals surface area contributed by atoms with E-state index in [1.54, 1.807) is 41.5 Å². The van der Waals surface area contributed by atoms with E-state index >= 15 is 0 Å². The number of hydrogen-bond donors (Lipinski definition) is 0. The maximum atomic E-state index is 12.0. The van der Waals surface area contributed by atoms with Gasteiger partial charge in [-0.2, -0.15) is 0 Å². The van der Waals surface area contributed by atoms with Gasteiger partial charge >= 0.3 is 17.9 Å². The van der Waals surface area contributed by atoms with Gasteiger partial charge in [0.25, 0.3) is 0 Å². The maximum Gasteiger partial charge on any atom is 0.305 e. The molecule has 0 radical (unpaired) electrons. The molecule has 0 saturated carbocycles. The Bertz CT molecular complexity index is 795. The van der Waals surface area contributed by atoms with E-state index in [1.807, 2.05) is 0 Å². The SMILES string of the molecule is CCOC(=O)CCC1(C)OCC(C2OC(C)(CCC(=O)OCC)OC2C2COC(C)(CCC(=O)OCC)O2)O1. The second-order valence-electron chi connectivity index (χ2n) is 10.4. The molecule has 39 heavy (non-hydrogen) atoms. The van der Waals surface area contributed by atoms with Gasteiger partial charge in [-0.15, -0.1) is 0 Å². The number of carbonyl (C=O) groups is 3. The van der Waals surface area contributed by atoms with Gasteiger partial charge in [-0.25, -0.2) is 0 Å². The molecule has 0 aromatic heterocycles. The standard InChI is InChI=1S/C27H44O12/c1-7-31-20(28)10-13-25(4)34-16-18(36-25)23-24(39-27(6,38-23)15-12-22(30)33-9-3)19-17-35-26(5,37-19)14-11-21(29)32-8-2/h18-19,23-24H,7-17H2,1-6H3. The van der Waals surface area contributed by atoms with Gasteiger partial charge in [-0.1, -0.05) is 0 Å². The molecule has 0 N–H and O–H groups in total. The van der Waals surface area contributed by atoms with Crippen LogP contribution in [-0.2, 0) is 57.0 Å². The van der Waals surface area contributed by atoms with Gasteiger partial charge in [0, 0.05) is 19.3 Å². The Labute approximate surface area is 230 Å². The molecule has 0 amide bonds. The van der Waals surface area contributed by atoms with Crippen molar-refractivity contribution in [2.24, 2.45) is 0 Å². The summed E-state index contributed by atoms with van der Waals surface area (Å²) in [6, 6.07) is 0. The van der Waals surface area contributed by atoms with Gasteiger partial charge in [0.2, 0.25) is 0 Å². The Hall–Kier alpha value is -1.83. The Morgan fingerprint density at radius 3 is 1.26 bits per heavy atom. The van der Waals surface area contributed by atoms with Crippen LogP contribution < -0.4 is 0 Å². The molecule has 3 heterocycles. The van der Waals surface area contributed by atoms with Crippen LogP contribution >= 0.6 is 0 Å². The average molecular weight is 561 g/mol. The molecule has 0 spiro atoms. The van der Waals surface area contributed by atoms with Crippen molar-refractivity contribution in [3.8, 4) is 0 Å². The number of esters is 3. The van der Waals surface area contributed by atoms with Crippen LogP contribution in [0.3, 0.4) is 0 Å². The topological polar surface area (TPSA) is 134 Å². The third-order valence-electron chi connectivity index (χ3n) is 7.00. The first-order chi connectivity index (χ1) is 18.4. The number of ether oxygens (including phenoxy) is 9. The minimum atomic E-state index is -1.11. The summed E-state index contributed by atoms with van der Waals surface area (Å²) < 4.78 is 52.4. The molecule has 0 bridgehead atoms. The third-order valence-corrected chi connectivity index (χ3v) is 7.00. The first-order valence-electron chi connectivity index (χ1n) is 13.9. The fraction of sp³-hybridized carbons (Fsp3) is 0.889. The molecule has 3 aliphatic rings. The molecule has 6 unspecified atom stereocenters. The molecule has 0 aliphatic carbocycles. The molecule has 3 rings (SSSR count). The van der Waals surface area contributed by atoms with Crippen LogP contribution in [0.4, 0.5) is 0 Å². The minimum Gasteiger partial charge on any atom is -0.466 e. The zero-order chi connectivity index (χ0) is 28.7. The van der Waals surface area contributed by atoms with Gasteiger partial charge in [0.1, 0.15) is 24.4 Å². The van der Waals surface area contributed by atoms with Crippen LogP contribution in [0.1, 0.15) is 80.1 Å². The first kappa shape index (κ1) is 31.7. The summed E-state index contributed by atoms with van der Waals surface area (Å²) >= 11 is 0. The van der Waals surface area contributed by atoms with E-state index in [4.69, 9.17) is 42.6 Å². The van der Waals surface area contributed by atoms with Crippen LogP contribution in [0.5, 0.6) is 0 Å². The van der Waals surface area contributed by atoms with E-state index in [1.165, 1.54) is 0 Å². The lowest BCUT2D eigenvalue weighted by Gasteiger charge is -2.28. The predicted molar refractivity (Wildman–Crippen MR) is 134 cm³/mol. The lowest BCUT2D eigenvalue weighted by atomic mass is 10.0. The minimum absolute atomic E-state index is 0.113. The third kappa shape index (κ3) is 8.83.